The first-order chi connectivity index (χ1) is 14.7. The van der Waals surface area contributed by atoms with Gasteiger partial charge in [-0.3, -0.25) is 4.79 Å². The third-order valence-corrected chi connectivity index (χ3v) is 5.60. The van der Waals surface area contributed by atoms with Crippen LogP contribution in [0, 0.1) is 0 Å². The number of carbonyl (C=O) groups excluding carboxylic acids is 1. The number of amides is 1. The zero-order chi connectivity index (χ0) is 21.3. The lowest BCUT2D eigenvalue weighted by molar-refractivity contribution is 0.0773. The number of nitrogens with zero attached hydrogens (tertiary/aromatic N) is 1. The fraction of sp³-hybridized carbons (Fsp3) is 0.423. The van der Waals surface area contributed by atoms with Gasteiger partial charge in [-0.25, -0.2) is 0 Å². The first-order valence-electron chi connectivity index (χ1n) is 11.2. The molecule has 0 aliphatic carbocycles. The van der Waals surface area contributed by atoms with E-state index in [-0.39, 0.29) is 5.91 Å². The average Bonchev–Trinajstić information content (AvgIpc) is 2.78. The van der Waals surface area contributed by atoms with Crippen LogP contribution in [-0.2, 0) is 6.42 Å². The van der Waals surface area contributed by atoms with Crippen LogP contribution in [0.25, 0.3) is 5.57 Å². The Morgan fingerprint density at radius 2 is 1.80 bits per heavy atom. The normalized spacial score (nSPS) is 16.0. The maximum atomic E-state index is 12.7. The fourth-order valence-corrected chi connectivity index (χ4v) is 4.01. The Balaban J connectivity index is 2.03. The average molecular weight is 407 g/mol. The van der Waals surface area contributed by atoms with Crippen molar-refractivity contribution in [3.63, 3.8) is 0 Å². The summed E-state index contributed by atoms with van der Waals surface area (Å²) >= 11 is 0. The minimum absolute atomic E-state index is 0.0890. The molecule has 2 aromatic rings. The molecule has 1 amide bonds. The molecule has 0 bridgehead atoms. The Morgan fingerprint density at radius 1 is 1.03 bits per heavy atom. The van der Waals surface area contributed by atoms with Crippen molar-refractivity contribution in [3.05, 3.63) is 70.8 Å². The van der Waals surface area contributed by atoms with E-state index in [1.165, 1.54) is 16.7 Å². The number of carbonyl (C=O) groups is 1. The summed E-state index contributed by atoms with van der Waals surface area (Å²) in [4.78, 5) is 14.6. The van der Waals surface area contributed by atoms with Gasteiger partial charge >= 0.3 is 0 Å². The molecule has 0 radical (unpaired) electrons. The smallest absolute Gasteiger partial charge is 0.253 e. The summed E-state index contributed by atoms with van der Waals surface area (Å²) in [5.74, 6) is 1.03. The van der Waals surface area contributed by atoms with Gasteiger partial charge in [-0.15, -0.1) is 0 Å². The summed E-state index contributed by atoms with van der Waals surface area (Å²) in [6.07, 6.45) is 5.36. The van der Waals surface area contributed by atoms with E-state index >= 15 is 0 Å². The quantitative estimate of drug-likeness (QED) is 0.740. The van der Waals surface area contributed by atoms with Crippen molar-refractivity contribution in [2.45, 2.75) is 40.0 Å². The molecular formula is C26H34N2O2. The molecule has 1 aliphatic heterocycles. The molecule has 4 heteroatoms. The van der Waals surface area contributed by atoms with Gasteiger partial charge in [0, 0.05) is 30.8 Å². The van der Waals surface area contributed by atoms with Gasteiger partial charge in [-0.1, -0.05) is 43.7 Å². The van der Waals surface area contributed by atoms with Crippen molar-refractivity contribution in [2.75, 3.05) is 32.8 Å². The van der Waals surface area contributed by atoms with E-state index in [9.17, 15) is 4.79 Å². The van der Waals surface area contributed by atoms with Gasteiger partial charge in [-0.2, -0.15) is 0 Å². The molecule has 160 valence electrons. The van der Waals surface area contributed by atoms with E-state index in [1.54, 1.807) is 0 Å². The van der Waals surface area contributed by atoms with Crippen molar-refractivity contribution < 1.29 is 9.53 Å². The van der Waals surface area contributed by atoms with Gasteiger partial charge in [0.2, 0.25) is 0 Å². The Labute approximate surface area is 180 Å². The van der Waals surface area contributed by atoms with Crippen molar-refractivity contribution in [3.8, 4) is 5.75 Å². The highest BCUT2D eigenvalue weighted by molar-refractivity contribution is 5.95. The van der Waals surface area contributed by atoms with Gasteiger partial charge in [0.25, 0.3) is 5.91 Å². The lowest BCUT2D eigenvalue weighted by Gasteiger charge is -2.21. The van der Waals surface area contributed by atoms with E-state index in [0.29, 0.717) is 6.61 Å². The molecular weight excluding hydrogens is 372 g/mol. The summed E-state index contributed by atoms with van der Waals surface area (Å²) < 4.78 is 6.16. The van der Waals surface area contributed by atoms with E-state index in [4.69, 9.17) is 4.74 Å². The molecule has 1 aliphatic rings. The number of nitrogens with one attached hydrogen (secondary N) is 1. The minimum atomic E-state index is 0.0890. The van der Waals surface area contributed by atoms with Crippen LogP contribution in [0.4, 0.5) is 0 Å². The SMILES string of the molecule is CCCc1cccc2c1/C(c1ccc(C(=O)N(CC)CC)cc1)=C\CCNCCO2. The molecule has 4 nitrogen and oxygen atoms in total. The second-order valence-electron chi connectivity index (χ2n) is 7.60. The molecule has 0 aromatic heterocycles. The van der Waals surface area contributed by atoms with E-state index in [1.807, 2.05) is 30.9 Å². The molecule has 0 atom stereocenters. The lowest BCUT2D eigenvalue weighted by atomic mass is 9.90. The molecule has 3 rings (SSSR count). The van der Waals surface area contributed by atoms with E-state index < -0.39 is 0 Å². The summed E-state index contributed by atoms with van der Waals surface area (Å²) in [5.41, 5.74) is 5.57. The van der Waals surface area contributed by atoms with Crippen LogP contribution in [0.1, 0.15) is 60.7 Å². The minimum Gasteiger partial charge on any atom is -0.492 e. The second kappa shape index (κ2) is 11.0. The number of hydrogen-bond acceptors (Lipinski definition) is 3. The summed E-state index contributed by atoms with van der Waals surface area (Å²) in [5, 5.41) is 3.43. The van der Waals surface area contributed by atoms with Gasteiger partial charge in [0.05, 0.1) is 0 Å². The molecule has 1 N–H and O–H groups in total. The Hall–Kier alpha value is -2.59. The maximum Gasteiger partial charge on any atom is 0.253 e. The molecule has 0 unspecified atom stereocenters. The monoisotopic (exact) mass is 406 g/mol. The Morgan fingerprint density at radius 3 is 2.50 bits per heavy atom. The highest BCUT2D eigenvalue weighted by Crippen LogP contribution is 2.35. The highest BCUT2D eigenvalue weighted by Gasteiger charge is 2.18. The lowest BCUT2D eigenvalue weighted by Crippen LogP contribution is -2.30. The van der Waals surface area contributed by atoms with Crippen LogP contribution in [0.15, 0.2) is 48.5 Å². The predicted molar refractivity (Wildman–Crippen MR) is 124 cm³/mol. The number of ether oxygens (including phenoxy) is 1. The maximum absolute atomic E-state index is 12.7. The van der Waals surface area contributed by atoms with Crippen LogP contribution in [0.5, 0.6) is 5.75 Å². The third-order valence-electron chi connectivity index (χ3n) is 5.60. The Kier molecular flexibility index (Phi) is 8.09. The molecule has 0 saturated carbocycles. The predicted octanol–water partition coefficient (Wildman–Crippen LogP) is 4.92. The summed E-state index contributed by atoms with van der Waals surface area (Å²) in [7, 11) is 0. The fourth-order valence-electron chi connectivity index (χ4n) is 4.01. The summed E-state index contributed by atoms with van der Waals surface area (Å²) in [6, 6.07) is 14.4. The summed E-state index contributed by atoms with van der Waals surface area (Å²) in [6.45, 7) is 10.1. The number of rotatable bonds is 6. The molecule has 30 heavy (non-hydrogen) atoms. The van der Waals surface area contributed by atoms with Gasteiger partial charge in [0.1, 0.15) is 12.4 Å². The van der Waals surface area contributed by atoms with E-state index in [2.05, 4.69) is 48.6 Å². The highest BCUT2D eigenvalue weighted by atomic mass is 16.5. The first kappa shape index (κ1) is 22.1. The third kappa shape index (κ3) is 5.11. The number of benzene rings is 2. The van der Waals surface area contributed by atoms with Gasteiger partial charge in [0.15, 0.2) is 0 Å². The topological polar surface area (TPSA) is 41.6 Å². The molecule has 0 fully saturated rings. The number of fused-ring (bicyclic) bond motifs is 1. The Bertz CT molecular complexity index is 867. The van der Waals surface area contributed by atoms with Crippen molar-refractivity contribution >= 4 is 11.5 Å². The van der Waals surface area contributed by atoms with Gasteiger partial charge < -0.3 is 15.0 Å². The molecule has 1 heterocycles. The largest absolute Gasteiger partial charge is 0.492 e. The zero-order valence-corrected chi connectivity index (χ0v) is 18.5. The van der Waals surface area contributed by atoms with Crippen molar-refractivity contribution in [1.29, 1.82) is 0 Å². The zero-order valence-electron chi connectivity index (χ0n) is 18.5. The second-order valence-corrected chi connectivity index (χ2v) is 7.60. The van der Waals surface area contributed by atoms with Gasteiger partial charge in [-0.05, 0) is 68.1 Å². The van der Waals surface area contributed by atoms with Crippen molar-refractivity contribution in [2.24, 2.45) is 0 Å². The molecule has 0 saturated heterocycles. The van der Waals surface area contributed by atoms with Crippen LogP contribution in [0.2, 0.25) is 0 Å². The van der Waals surface area contributed by atoms with Crippen LogP contribution in [0.3, 0.4) is 0 Å². The molecule has 2 aromatic carbocycles. The van der Waals surface area contributed by atoms with E-state index in [0.717, 1.165) is 62.3 Å². The first-order valence-corrected chi connectivity index (χ1v) is 11.2. The van der Waals surface area contributed by atoms with Crippen molar-refractivity contribution in [1.82, 2.24) is 10.2 Å². The van der Waals surface area contributed by atoms with Crippen LogP contribution < -0.4 is 10.1 Å². The molecule has 0 spiro atoms. The number of aryl methyl sites for hydroxylation is 1. The number of hydrogen-bond donors (Lipinski definition) is 1. The standard InChI is InChI=1S/C26H34N2O2/c1-4-9-21-10-7-12-24-25(21)23(11-8-17-27-18-19-30-24)20-13-15-22(16-14-20)26(29)28(5-2)6-3/h7,10-16,27H,4-6,8-9,17-19H2,1-3H3/b23-11-. The van der Waals surface area contributed by atoms with Crippen LogP contribution in [-0.4, -0.2) is 43.6 Å². The van der Waals surface area contributed by atoms with Crippen LogP contribution >= 0.6 is 0 Å².